The first-order valence-corrected chi connectivity index (χ1v) is 7.82. The number of aryl methyl sites for hydroxylation is 1. The van der Waals surface area contributed by atoms with E-state index in [0.29, 0.717) is 12.3 Å². The van der Waals surface area contributed by atoms with Gasteiger partial charge in [0.15, 0.2) is 0 Å². The third kappa shape index (κ3) is 5.85. The minimum Gasteiger partial charge on any atom is -0.497 e. The van der Waals surface area contributed by atoms with Crippen LogP contribution in [0.4, 0.5) is 0 Å². The average molecular weight is 327 g/mol. The van der Waals surface area contributed by atoms with Gasteiger partial charge in [-0.15, -0.1) is 12.4 Å². The summed E-state index contributed by atoms with van der Waals surface area (Å²) in [5, 5.41) is 6.49. The summed E-state index contributed by atoms with van der Waals surface area (Å²) in [6.45, 7) is 4.17. The molecule has 124 valence electrons. The zero-order valence-electron chi connectivity index (χ0n) is 13.4. The number of amides is 1. The quantitative estimate of drug-likeness (QED) is 0.844. The second-order valence-corrected chi connectivity index (χ2v) is 5.85. The van der Waals surface area contributed by atoms with Crippen molar-refractivity contribution < 1.29 is 9.53 Å². The highest BCUT2D eigenvalue weighted by Crippen LogP contribution is 2.14. The van der Waals surface area contributed by atoms with Crippen LogP contribution < -0.4 is 15.4 Å². The average Bonchev–Trinajstić information content (AvgIpc) is 2.50. The fraction of sp³-hybridized carbons (Fsp3) is 0.588. The highest BCUT2D eigenvalue weighted by molar-refractivity contribution is 5.85. The number of halogens is 1. The highest BCUT2D eigenvalue weighted by Gasteiger charge is 2.22. The number of benzene rings is 1. The monoisotopic (exact) mass is 326 g/mol. The SMILES string of the molecule is COc1ccc(CCCC(=O)NC2CNCCC2C)cc1.Cl. The molecule has 1 aromatic carbocycles. The molecule has 0 aromatic heterocycles. The lowest BCUT2D eigenvalue weighted by atomic mass is 9.94. The first-order chi connectivity index (χ1) is 10.2. The molecule has 22 heavy (non-hydrogen) atoms. The molecule has 2 N–H and O–H groups in total. The van der Waals surface area contributed by atoms with Crippen LogP contribution in [0.15, 0.2) is 24.3 Å². The van der Waals surface area contributed by atoms with Gasteiger partial charge in [0.25, 0.3) is 0 Å². The van der Waals surface area contributed by atoms with Gasteiger partial charge < -0.3 is 15.4 Å². The molecule has 0 saturated carbocycles. The number of ether oxygens (including phenoxy) is 1. The van der Waals surface area contributed by atoms with E-state index in [9.17, 15) is 4.79 Å². The van der Waals surface area contributed by atoms with Gasteiger partial charge in [0.05, 0.1) is 7.11 Å². The van der Waals surface area contributed by atoms with Crippen LogP contribution in [0.25, 0.3) is 0 Å². The van der Waals surface area contributed by atoms with Crippen molar-refractivity contribution in [3.05, 3.63) is 29.8 Å². The van der Waals surface area contributed by atoms with Crippen LogP contribution in [0.2, 0.25) is 0 Å². The van der Waals surface area contributed by atoms with Gasteiger partial charge in [-0.1, -0.05) is 19.1 Å². The third-order valence-electron chi connectivity index (χ3n) is 4.20. The Morgan fingerprint density at radius 1 is 1.36 bits per heavy atom. The van der Waals surface area contributed by atoms with Gasteiger partial charge in [0.1, 0.15) is 5.75 Å². The topological polar surface area (TPSA) is 50.4 Å². The number of nitrogens with one attached hydrogen (secondary N) is 2. The summed E-state index contributed by atoms with van der Waals surface area (Å²) in [5.74, 6) is 1.61. The minimum absolute atomic E-state index is 0. The van der Waals surface area contributed by atoms with E-state index in [1.54, 1.807) is 7.11 Å². The summed E-state index contributed by atoms with van der Waals surface area (Å²) in [6, 6.07) is 8.33. The van der Waals surface area contributed by atoms with E-state index < -0.39 is 0 Å². The Morgan fingerprint density at radius 3 is 2.73 bits per heavy atom. The van der Waals surface area contributed by atoms with Crippen molar-refractivity contribution in [1.82, 2.24) is 10.6 Å². The van der Waals surface area contributed by atoms with Gasteiger partial charge in [0, 0.05) is 19.0 Å². The first-order valence-electron chi connectivity index (χ1n) is 7.82. The zero-order chi connectivity index (χ0) is 15.1. The normalized spacial score (nSPS) is 20.8. The molecule has 4 nitrogen and oxygen atoms in total. The molecule has 0 spiro atoms. The molecular formula is C17H27ClN2O2. The van der Waals surface area contributed by atoms with Gasteiger partial charge in [-0.25, -0.2) is 0 Å². The molecule has 1 heterocycles. The maximum Gasteiger partial charge on any atom is 0.220 e. The Bertz CT molecular complexity index is 450. The van der Waals surface area contributed by atoms with Gasteiger partial charge in [-0.2, -0.15) is 0 Å². The van der Waals surface area contributed by atoms with Gasteiger partial charge in [-0.05, 0) is 49.4 Å². The van der Waals surface area contributed by atoms with Crippen molar-refractivity contribution in [2.45, 2.75) is 38.6 Å². The molecular weight excluding hydrogens is 300 g/mol. The van der Waals surface area contributed by atoms with Gasteiger partial charge in [-0.3, -0.25) is 4.79 Å². The van der Waals surface area contributed by atoms with Crippen LogP contribution in [0.1, 0.15) is 31.7 Å². The van der Waals surface area contributed by atoms with E-state index in [2.05, 4.69) is 29.7 Å². The molecule has 1 aromatic rings. The van der Waals surface area contributed by atoms with Crippen LogP contribution in [0.3, 0.4) is 0 Å². The smallest absolute Gasteiger partial charge is 0.220 e. The largest absolute Gasteiger partial charge is 0.497 e. The molecule has 2 rings (SSSR count). The van der Waals surface area contributed by atoms with Crippen molar-refractivity contribution in [3.63, 3.8) is 0 Å². The fourth-order valence-corrected chi connectivity index (χ4v) is 2.71. The molecule has 2 unspecified atom stereocenters. The minimum atomic E-state index is 0. The Labute approximate surface area is 139 Å². The van der Waals surface area contributed by atoms with E-state index in [0.717, 1.165) is 38.1 Å². The molecule has 1 saturated heterocycles. The molecule has 1 fully saturated rings. The summed E-state index contributed by atoms with van der Waals surface area (Å²) in [4.78, 5) is 12.0. The van der Waals surface area contributed by atoms with Crippen molar-refractivity contribution in [2.75, 3.05) is 20.2 Å². The van der Waals surface area contributed by atoms with Crippen molar-refractivity contribution in [2.24, 2.45) is 5.92 Å². The Balaban J connectivity index is 0.00000242. The number of hydrogen-bond acceptors (Lipinski definition) is 3. The molecule has 0 aliphatic carbocycles. The maximum absolute atomic E-state index is 12.0. The molecule has 0 radical (unpaired) electrons. The third-order valence-corrected chi connectivity index (χ3v) is 4.20. The molecule has 5 heteroatoms. The zero-order valence-corrected chi connectivity index (χ0v) is 14.2. The predicted molar refractivity (Wildman–Crippen MR) is 91.8 cm³/mol. The van der Waals surface area contributed by atoms with Gasteiger partial charge in [0.2, 0.25) is 5.91 Å². The number of carbonyl (C=O) groups excluding carboxylic acids is 1. The van der Waals surface area contributed by atoms with E-state index in [-0.39, 0.29) is 24.4 Å². The Morgan fingerprint density at radius 2 is 2.09 bits per heavy atom. The molecule has 2 atom stereocenters. The van der Waals surface area contributed by atoms with E-state index >= 15 is 0 Å². The Hall–Kier alpha value is -1.26. The van der Waals surface area contributed by atoms with Crippen LogP contribution in [0, 0.1) is 5.92 Å². The van der Waals surface area contributed by atoms with Crippen LogP contribution in [-0.2, 0) is 11.2 Å². The summed E-state index contributed by atoms with van der Waals surface area (Å²) < 4.78 is 5.14. The Kier molecular flexibility index (Phi) is 8.28. The maximum atomic E-state index is 12.0. The van der Waals surface area contributed by atoms with Crippen molar-refractivity contribution >= 4 is 18.3 Å². The van der Waals surface area contributed by atoms with Crippen LogP contribution >= 0.6 is 12.4 Å². The number of piperidine rings is 1. The van der Waals surface area contributed by atoms with E-state index in [1.807, 2.05) is 12.1 Å². The summed E-state index contributed by atoms with van der Waals surface area (Å²) in [6.07, 6.45) is 3.54. The van der Waals surface area contributed by atoms with Crippen molar-refractivity contribution in [1.29, 1.82) is 0 Å². The lowest BCUT2D eigenvalue weighted by Gasteiger charge is -2.30. The molecule has 0 bridgehead atoms. The highest BCUT2D eigenvalue weighted by atomic mass is 35.5. The van der Waals surface area contributed by atoms with Crippen LogP contribution in [0.5, 0.6) is 5.75 Å². The van der Waals surface area contributed by atoms with Crippen LogP contribution in [-0.4, -0.2) is 32.1 Å². The number of hydrogen-bond donors (Lipinski definition) is 2. The van der Waals surface area contributed by atoms with E-state index in [4.69, 9.17) is 4.74 Å². The van der Waals surface area contributed by atoms with Crippen molar-refractivity contribution in [3.8, 4) is 5.75 Å². The summed E-state index contributed by atoms with van der Waals surface area (Å²) in [5.41, 5.74) is 1.25. The number of carbonyl (C=O) groups is 1. The molecule has 1 amide bonds. The number of rotatable bonds is 6. The van der Waals surface area contributed by atoms with E-state index in [1.165, 1.54) is 5.56 Å². The second kappa shape index (κ2) is 9.70. The molecule has 1 aliphatic heterocycles. The lowest BCUT2D eigenvalue weighted by molar-refractivity contribution is -0.122. The summed E-state index contributed by atoms with van der Waals surface area (Å²) >= 11 is 0. The van der Waals surface area contributed by atoms with Gasteiger partial charge >= 0.3 is 0 Å². The lowest BCUT2D eigenvalue weighted by Crippen LogP contribution is -2.50. The number of methoxy groups -OCH3 is 1. The fourth-order valence-electron chi connectivity index (χ4n) is 2.71. The predicted octanol–water partition coefficient (Wildman–Crippen LogP) is 2.55. The first kappa shape index (κ1) is 18.8. The summed E-state index contributed by atoms with van der Waals surface area (Å²) in [7, 11) is 1.67. The second-order valence-electron chi connectivity index (χ2n) is 5.85. The molecule has 1 aliphatic rings. The standard InChI is InChI=1S/C17H26N2O2.ClH/c1-13-10-11-18-12-16(13)19-17(20)5-3-4-14-6-8-15(21-2)9-7-14;/h6-9,13,16,18H,3-5,10-12H2,1-2H3,(H,19,20);1H.